The second kappa shape index (κ2) is 7.64. The van der Waals surface area contributed by atoms with E-state index in [-0.39, 0.29) is 23.8 Å². The van der Waals surface area contributed by atoms with E-state index >= 15 is 0 Å². The maximum atomic E-state index is 13.3. The van der Waals surface area contributed by atoms with Gasteiger partial charge in [0.1, 0.15) is 0 Å². The molecule has 2 aliphatic heterocycles. The first-order valence-electron chi connectivity index (χ1n) is 11.8. The molecule has 3 aliphatic rings. The van der Waals surface area contributed by atoms with Crippen molar-refractivity contribution in [3.8, 4) is 0 Å². The Hall–Kier alpha value is -2.83. The summed E-state index contributed by atoms with van der Waals surface area (Å²) in [5.41, 5.74) is 11.1. The Labute approximate surface area is 187 Å². The minimum Gasteiger partial charge on any atom is -0.399 e. The minimum absolute atomic E-state index is 0.0712. The van der Waals surface area contributed by atoms with Crippen LogP contribution in [0, 0.1) is 17.8 Å². The second-order valence-electron chi connectivity index (χ2n) is 9.76. The molecule has 4 unspecified atom stereocenters. The highest BCUT2D eigenvalue weighted by Crippen LogP contribution is 2.49. The van der Waals surface area contributed by atoms with E-state index in [4.69, 9.17) is 5.73 Å². The van der Waals surface area contributed by atoms with Crippen LogP contribution in [0.15, 0.2) is 48.5 Å². The molecule has 6 heteroatoms. The number of aromatic amines is 1. The van der Waals surface area contributed by atoms with Crippen LogP contribution in [-0.4, -0.2) is 40.1 Å². The fourth-order valence-electron chi connectivity index (χ4n) is 6.50. The van der Waals surface area contributed by atoms with Crippen molar-refractivity contribution >= 4 is 28.2 Å². The Morgan fingerprint density at radius 1 is 1.12 bits per heavy atom. The number of fused-ring (bicyclic) bond motifs is 6. The van der Waals surface area contributed by atoms with Gasteiger partial charge in [0, 0.05) is 41.1 Å². The third-order valence-electron chi connectivity index (χ3n) is 8.03. The summed E-state index contributed by atoms with van der Waals surface area (Å²) in [4.78, 5) is 19.6. The summed E-state index contributed by atoms with van der Waals surface area (Å²) in [5, 5.41) is 15.3. The first-order valence-corrected chi connectivity index (χ1v) is 11.8. The average molecular weight is 431 g/mol. The fraction of sp³-hybridized carbons (Fsp3) is 0.423. The average Bonchev–Trinajstić information content (AvgIpc) is 3.18. The van der Waals surface area contributed by atoms with E-state index in [0.29, 0.717) is 18.0 Å². The number of aliphatic hydroxyl groups excluding tert-OH is 1. The Bertz CT molecular complexity index is 1150. The van der Waals surface area contributed by atoms with Crippen molar-refractivity contribution in [2.24, 2.45) is 17.8 Å². The first-order chi connectivity index (χ1) is 15.6. The van der Waals surface area contributed by atoms with Crippen LogP contribution in [0.25, 0.3) is 10.9 Å². The molecule has 0 bridgehead atoms. The number of amides is 1. The second-order valence-corrected chi connectivity index (χ2v) is 9.76. The number of hydrogen-bond donors (Lipinski definition) is 4. The highest BCUT2D eigenvalue weighted by molar-refractivity contribution is 5.93. The third kappa shape index (κ3) is 3.21. The Morgan fingerprint density at radius 3 is 2.78 bits per heavy atom. The molecule has 166 valence electrons. The van der Waals surface area contributed by atoms with Gasteiger partial charge < -0.3 is 21.1 Å². The molecule has 5 N–H and O–H groups in total. The zero-order chi connectivity index (χ0) is 21.8. The number of piperidine rings is 1. The number of carbonyl (C=O) groups excluding carboxylic acids is 1. The largest absolute Gasteiger partial charge is 0.399 e. The maximum Gasteiger partial charge on any atom is 0.230 e. The summed E-state index contributed by atoms with van der Waals surface area (Å²) in [7, 11) is 0. The van der Waals surface area contributed by atoms with Crippen molar-refractivity contribution in [1.29, 1.82) is 0 Å². The molecular weight excluding hydrogens is 400 g/mol. The maximum absolute atomic E-state index is 13.3. The quantitative estimate of drug-likeness (QED) is 0.467. The van der Waals surface area contributed by atoms with Gasteiger partial charge in [-0.3, -0.25) is 9.69 Å². The van der Waals surface area contributed by atoms with Gasteiger partial charge in [-0.1, -0.05) is 18.2 Å². The molecule has 2 aromatic carbocycles. The highest BCUT2D eigenvalue weighted by Gasteiger charge is 2.49. The van der Waals surface area contributed by atoms with Crippen molar-refractivity contribution in [1.82, 2.24) is 9.88 Å². The molecule has 1 aliphatic carbocycles. The number of nitrogens with one attached hydrogen (secondary N) is 2. The van der Waals surface area contributed by atoms with E-state index in [0.717, 1.165) is 38.0 Å². The van der Waals surface area contributed by atoms with Crippen LogP contribution in [0.4, 0.5) is 11.4 Å². The van der Waals surface area contributed by atoms with Crippen molar-refractivity contribution in [3.63, 3.8) is 0 Å². The number of para-hydroxylation sites is 1. The molecule has 3 aromatic rings. The van der Waals surface area contributed by atoms with E-state index in [1.807, 2.05) is 12.1 Å². The van der Waals surface area contributed by atoms with Gasteiger partial charge in [-0.05, 0) is 73.4 Å². The molecule has 2 fully saturated rings. The van der Waals surface area contributed by atoms with E-state index in [2.05, 4.69) is 39.5 Å². The number of anilines is 2. The molecule has 1 saturated heterocycles. The van der Waals surface area contributed by atoms with E-state index in [1.54, 1.807) is 12.1 Å². The molecule has 1 saturated carbocycles. The molecule has 1 aromatic heterocycles. The summed E-state index contributed by atoms with van der Waals surface area (Å²) in [6, 6.07) is 16.0. The molecular formula is C26H30N4O2. The number of hydrogen-bond acceptors (Lipinski definition) is 4. The molecule has 0 spiro atoms. The fourth-order valence-corrected chi connectivity index (χ4v) is 6.50. The first kappa shape index (κ1) is 19.8. The third-order valence-corrected chi connectivity index (χ3v) is 8.03. The predicted octanol–water partition coefficient (Wildman–Crippen LogP) is 3.70. The Morgan fingerprint density at radius 2 is 1.94 bits per heavy atom. The normalized spacial score (nSPS) is 29.7. The lowest BCUT2D eigenvalue weighted by atomic mass is 9.64. The van der Waals surface area contributed by atoms with Crippen molar-refractivity contribution in [2.75, 3.05) is 24.1 Å². The van der Waals surface area contributed by atoms with Gasteiger partial charge in [-0.25, -0.2) is 0 Å². The highest BCUT2D eigenvalue weighted by atomic mass is 16.3. The summed E-state index contributed by atoms with van der Waals surface area (Å²) in [6.45, 7) is 2.07. The Balaban J connectivity index is 1.30. The molecule has 32 heavy (non-hydrogen) atoms. The lowest BCUT2D eigenvalue weighted by Crippen LogP contribution is -2.54. The topological polar surface area (TPSA) is 94.4 Å². The predicted molar refractivity (Wildman–Crippen MR) is 126 cm³/mol. The SMILES string of the molecule is Nc1ccc(NC(=O)C2C3CC4c5[nH]c6ccccc6c5CCN4CC3CC[C@@H]2O)cc1. The summed E-state index contributed by atoms with van der Waals surface area (Å²) in [5.74, 6) is 0.162. The standard InChI is InChI=1S/C26H30N4O2/c27-16-6-8-17(9-7-16)28-26(32)24-20-13-22-25-19(18-3-1-2-4-21(18)29-25)11-12-30(22)14-15(20)5-10-23(24)31/h1-4,6-9,15,20,22-24,29,31H,5,10-14,27H2,(H,28,32)/t15?,20?,22?,23-,24?/m0/s1. The van der Waals surface area contributed by atoms with E-state index < -0.39 is 6.10 Å². The van der Waals surface area contributed by atoms with Crippen LogP contribution >= 0.6 is 0 Å². The number of aliphatic hydroxyl groups is 1. The van der Waals surface area contributed by atoms with Crippen LogP contribution in [0.3, 0.4) is 0 Å². The van der Waals surface area contributed by atoms with Crippen LogP contribution in [0.1, 0.15) is 36.6 Å². The summed E-state index contributed by atoms with van der Waals surface area (Å²) < 4.78 is 0. The van der Waals surface area contributed by atoms with Gasteiger partial charge in [0.2, 0.25) is 5.91 Å². The molecule has 6 nitrogen and oxygen atoms in total. The van der Waals surface area contributed by atoms with Gasteiger partial charge in [-0.2, -0.15) is 0 Å². The van der Waals surface area contributed by atoms with Crippen LogP contribution < -0.4 is 11.1 Å². The number of aromatic nitrogens is 1. The zero-order valence-corrected chi connectivity index (χ0v) is 18.1. The van der Waals surface area contributed by atoms with Crippen LogP contribution in [-0.2, 0) is 11.2 Å². The van der Waals surface area contributed by atoms with Gasteiger partial charge >= 0.3 is 0 Å². The molecule has 3 heterocycles. The number of carbonyl (C=O) groups is 1. The number of nitrogens with two attached hydrogens (primary N) is 1. The lowest BCUT2D eigenvalue weighted by molar-refractivity contribution is -0.134. The van der Waals surface area contributed by atoms with Crippen molar-refractivity contribution < 1.29 is 9.90 Å². The number of benzene rings is 2. The number of nitrogen functional groups attached to an aromatic ring is 1. The van der Waals surface area contributed by atoms with E-state index in [1.165, 1.54) is 22.2 Å². The number of nitrogens with zero attached hydrogens (tertiary/aromatic N) is 1. The van der Waals surface area contributed by atoms with Gasteiger partial charge in [-0.15, -0.1) is 0 Å². The molecule has 6 rings (SSSR count). The van der Waals surface area contributed by atoms with Gasteiger partial charge in [0.05, 0.1) is 18.1 Å². The Kier molecular flexibility index (Phi) is 4.73. The lowest BCUT2D eigenvalue weighted by Gasteiger charge is -2.51. The molecule has 0 radical (unpaired) electrons. The summed E-state index contributed by atoms with van der Waals surface area (Å²) in [6.07, 6.45) is 3.05. The number of rotatable bonds is 2. The van der Waals surface area contributed by atoms with E-state index in [9.17, 15) is 9.90 Å². The monoisotopic (exact) mass is 430 g/mol. The molecule has 1 amide bonds. The zero-order valence-electron chi connectivity index (χ0n) is 18.1. The van der Waals surface area contributed by atoms with Crippen molar-refractivity contribution in [2.45, 2.75) is 37.8 Å². The smallest absolute Gasteiger partial charge is 0.230 e. The van der Waals surface area contributed by atoms with Gasteiger partial charge in [0.15, 0.2) is 0 Å². The number of H-pyrrole nitrogens is 1. The summed E-state index contributed by atoms with van der Waals surface area (Å²) >= 11 is 0. The minimum atomic E-state index is -0.595. The van der Waals surface area contributed by atoms with Crippen LogP contribution in [0.2, 0.25) is 0 Å². The van der Waals surface area contributed by atoms with Crippen molar-refractivity contribution in [3.05, 3.63) is 59.8 Å². The van der Waals surface area contributed by atoms with Gasteiger partial charge in [0.25, 0.3) is 0 Å². The molecule has 5 atom stereocenters. The van der Waals surface area contributed by atoms with Crippen LogP contribution in [0.5, 0.6) is 0 Å².